The van der Waals surface area contributed by atoms with Crippen molar-refractivity contribution < 1.29 is 0 Å². The van der Waals surface area contributed by atoms with Gasteiger partial charge < -0.3 is 4.57 Å². The Balaban J connectivity index is 1.87. The lowest BCUT2D eigenvalue weighted by Crippen LogP contribution is -2.25. The van der Waals surface area contributed by atoms with Gasteiger partial charge in [0.05, 0.1) is 18.3 Å². The minimum absolute atomic E-state index is 0.177. The molecule has 0 unspecified atom stereocenters. The first-order chi connectivity index (χ1) is 10.2. The van der Waals surface area contributed by atoms with Gasteiger partial charge in [0.15, 0.2) is 0 Å². The third-order valence-electron chi connectivity index (χ3n) is 4.20. The number of nitriles is 1. The van der Waals surface area contributed by atoms with Crippen LogP contribution in [0.2, 0.25) is 0 Å². The summed E-state index contributed by atoms with van der Waals surface area (Å²) in [5, 5.41) is 13.6. The van der Waals surface area contributed by atoms with E-state index in [4.69, 9.17) is 5.26 Å². The maximum Gasteiger partial charge on any atom is 0.269 e. The molecule has 2 heterocycles. The van der Waals surface area contributed by atoms with Crippen molar-refractivity contribution in [3.8, 4) is 6.07 Å². The number of nitrogens with zero attached hydrogens (tertiary/aromatic N) is 4. The van der Waals surface area contributed by atoms with E-state index < -0.39 is 0 Å². The van der Waals surface area contributed by atoms with Gasteiger partial charge in [-0.05, 0) is 38.0 Å². The average Bonchev–Trinajstić information content (AvgIpc) is 3.14. The first kappa shape index (κ1) is 13.6. The first-order valence-corrected chi connectivity index (χ1v) is 7.33. The van der Waals surface area contributed by atoms with Crippen molar-refractivity contribution in [3.63, 3.8) is 0 Å². The highest BCUT2D eigenvalue weighted by Gasteiger charge is 2.17. The molecule has 0 radical (unpaired) electrons. The second-order valence-corrected chi connectivity index (χ2v) is 5.62. The molecular weight excluding hydrogens is 264 g/mol. The summed E-state index contributed by atoms with van der Waals surface area (Å²) in [7, 11) is 0. The van der Waals surface area contributed by atoms with Crippen LogP contribution in [0.5, 0.6) is 0 Å². The van der Waals surface area contributed by atoms with Gasteiger partial charge in [-0.25, -0.2) is 0 Å². The van der Waals surface area contributed by atoms with E-state index >= 15 is 0 Å². The maximum atomic E-state index is 12.2. The molecule has 2 aromatic rings. The molecule has 5 nitrogen and oxygen atoms in total. The molecule has 0 N–H and O–H groups in total. The van der Waals surface area contributed by atoms with Gasteiger partial charge in [0, 0.05) is 11.9 Å². The molecule has 0 saturated heterocycles. The van der Waals surface area contributed by atoms with Crippen LogP contribution in [-0.2, 0) is 6.54 Å². The van der Waals surface area contributed by atoms with E-state index in [0.717, 1.165) is 11.4 Å². The van der Waals surface area contributed by atoms with Gasteiger partial charge in [-0.15, -0.1) is 0 Å². The summed E-state index contributed by atoms with van der Waals surface area (Å²) in [5.74, 6) is 0. The van der Waals surface area contributed by atoms with Gasteiger partial charge in [0.2, 0.25) is 0 Å². The van der Waals surface area contributed by atoms with E-state index in [0.29, 0.717) is 12.6 Å². The molecule has 21 heavy (non-hydrogen) atoms. The Morgan fingerprint density at radius 1 is 1.33 bits per heavy atom. The molecule has 1 aliphatic rings. The van der Waals surface area contributed by atoms with E-state index in [1.54, 1.807) is 16.7 Å². The van der Waals surface area contributed by atoms with Crippen LogP contribution in [0.3, 0.4) is 0 Å². The van der Waals surface area contributed by atoms with Crippen molar-refractivity contribution in [3.05, 3.63) is 51.7 Å². The van der Waals surface area contributed by atoms with Crippen LogP contribution in [0.25, 0.3) is 0 Å². The molecule has 108 valence electrons. The van der Waals surface area contributed by atoms with E-state index in [1.807, 2.05) is 29.9 Å². The summed E-state index contributed by atoms with van der Waals surface area (Å²) in [5.41, 5.74) is 1.64. The molecule has 0 spiro atoms. The van der Waals surface area contributed by atoms with Crippen LogP contribution in [0, 0.1) is 18.3 Å². The fourth-order valence-electron chi connectivity index (χ4n) is 2.95. The molecular formula is C16H18N4O. The monoisotopic (exact) mass is 282 g/mol. The van der Waals surface area contributed by atoms with Gasteiger partial charge in [-0.2, -0.15) is 10.4 Å². The summed E-state index contributed by atoms with van der Waals surface area (Å²) in [6, 6.07) is 7.78. The van der Waals surface area contributed by atoms with Crippen molar-refractivity contribution in [2.45, 2.75) is 45.2 Å². The number of hydrogen-bond acceptors (Lipinski definition) is 3. The molecule has 3 rings (SSSR count). The Bertz CT molecular complexity index is 744. The topological polar surface area (TPSA) is 63.6 Å². The zero-order chi connectivity index (χ0) is 14.8. The average molecular weight is 282 g/mol. The molecule has 0 bridgehead atoms. The Morgan fingerprint density at radius 3 is 2.81 bits per heavy atom. The van der Waals surface area contributed by atoms with Crippen LogP contribution in [0.4, 0.5) is 0 Å². The number of hydrogen-bond donors (Lipinski definition) is 0. The van der Waals surface area contributed by atoms with Gasteiger partial charge >= 0.3 is 0 Å². The normalized spacial score (nSPS) is 15.2. The quantitative estimate of drug-likeness (QED) is 0.868. The largest absolute Gasteiger partial charge is 0.306 e. The van der Waals surface area contributed by atoms with E-state index in [9.17, 15) is 4.79 Å². The Morgan fingerprint density at radius 2 is 2.10 bits per heavy atom. The van der Waals surface area contributed by atoms with Crippen molar-refractivity contribution in [1.29, 1.82) is 5.26 Å². The number of aromatic nitrogens is 3. The molecule has 0 amide bonds. The van der Waals surface area contributed by atoms with Crippen LogP contribution < -0.4 is 5.56 Å². The fraction of sp³-hybridized carbons (Fsp3) is 0.438. The fourth-order valence-corrected chi connectivity index (χ4v) is 2.95. The number of aryl methyl sites for hydroxylation is 1. The molecule has 0 aromatic carbocycles. The minimum Gasteiger partial charge on any atom is -0.306 e. The lowest BCUT2D eigenvalue weighted by atomic mass is 10.2. The van der Waals surface area contributed by atoms with Crippen molar-refractivity contribution >= 4 is 0 Å². The highest BCUT2D eigenvalue weighted by molar-refractivity contribution is 5.27. The SMILES string of the molecule is Cc1ccc(C#N)c(=O)n1Cc1ccn(C2CCCC2)n1. The van der Waals surface area contributed by atoms with Crippen molar-refractivity contribution in [2.75, 3.05) is 0 Å². The van der Waals surface area contributed by atoms with E-state index in [1.165, 1.54) is 25.7 Å². The summed E-state index contributed by atoms with van der Waals surface area (Å²) in [6.45, 7) is 2.29. The first-order valence-electron chi connectivity index (χ1n) is 7.33. The molecule has 1 aliphatic carbocycles. The Hall–Kier alpha value is -2.35. The van der Waals surface area contributed by atoms with Gasteiger partial charge in [-0.1, -0.05) is 12.8 Å². The zero-order valence-electron chi connectivity index (χ0n) is 12.1. The predicted octanol–water partition coefficient (Wildman–Crippen LogP) is 2.39. The smallest absolute Gasteiger partial charge is 0.269 e. The second kappa shape index (κ2) is 5.57. The highest BCUT2D eigenvalue weighted by atomic mass is 16.1. The van der Waals surface area contributed by atoms with Gasteiger partial charge in [0.1, 0.15) is 11.6 Å². The highest BCUT2D eigenvalue weighted by Crippen LogP contribution is 2.28. The summed E-state index contributed by atoms with van der Waals surface area (Å²) < 4.78 is 3.64. The van der Waals surface area contributed by atoms with Crippen LogP contribution in [-0.4, -0.2) is 14.3 Å². The lowest BCUT2D eigenvalue weighted by Gasteiger charge is -2.10. The molecule has 5 heteroatoms. The molecule has 1 saturated carbocycles. The standard InChI is InChI=1S/C16H18N4O/c1-12-6-7-13(10-17)16(21)19(12)11-14-8-9-20(18-14)15-4-2-3-5-15/h6-9,15H,2-5,11H2,1H3. The van der Waals surface area contributed by atoms with Gasteiger partial charge in [-0.3, -0.25) is 9.48 Å². The molecule has 0 aliphatic heterocycles. The summed E-state index contributed by atoms with van der Waals surface area (Å²) >= 11 is 0. The minimum atomic E-state index is -0.243. The van der Waals surface area contributed by atoms with Crippen LogP contribution in [0.15, 0.2) is 29.2 Å². The van der Waals surface area contributed by atoms with Crippen molar-refractivity contribution in [1.82, 2.24) is 14.3 Å². The van der Waals surface area contributed by atoms with E-state index in [-0.39, 0.29) is 11.1 Å². The third kappa shape index (κ3) is 2.62. The second-order valence-electron chi connectivity index (χ2n) is 5.62. The Kier molecular flexibility index (Phi) is 3.61. The van der Waals surface area contributed by atoms with E-state index in [2.05, 4.69) is 5.10 Å². The van der Waals surface area contributed by atoms with Crippen molar-refractivity contribution in [2.24, 2.45) is 0 Å². The molecule has 0 atom stereocenters. The maximum absolute atomic E-state index is 12.2. The lowest BCUT2D eigenvalue weighted by molar-refractivity contribution is 0.461. The third-order valence-corrected chi connectivity index (χ3v) is 4.20. The summed E-state index contributed by atoms with van der Waals surface area (Å²) in [6.07, 6.45) is 6.90. The Labute approximate surface area is 123 Å². The zero-order valence-corrected chi connectivity index (χ0v) is 12.1. The van der Waals surface area contributed by atoms with Crippen LogP contribution in [0.1, 0.15) is 48.7 Å². The number of pyridine rings is 1. The van der Waals surface area contributed by atoms with Crippen LogP contribution >= 0.6 is 0 Å². The molecule has 2 aromatic heterocycles. The molecule has 1 fully saturated rings. The van der Waals surface area contributed by atoms with Gasteiger partial charge in [0.25, 0.3) is 5.56 Å². The summed E-state index contributed by atoms with van der Waals surface area (Å²) in [4.78, 5) is 12.2. The number of rotatable bonds is 3. The predicted molar refractivity (Wildman–Crippen MR) is 79.0 cm³/mol.